The molecule has 1 aromatic carbocycles. The lowest BCUT2D eigenvalue weighted by Gasteiger charge is -2.13. The van der Waals surface area contributed by atoms with Crippen molar-refractivity contribution in [1.82, 2.24) is 0 Å². The molecule has 0 aliphatic heterocycles. The number of hydrogen-bond donors (Lipinski definition) is 3. The molecule has 8 heteroatoms. The van der Waals surface area contributed by atoms with Crippen LogP contribution in [0, 0.1) is 0 Å². The van der Waals surface area contributed by atoms with Gasteiger partial charge in [-0.05, 0) is 0 Å². The van der Waals surface area contributed by atoms with E-state index < -0.39 is 10.0 Å². The Labute approximate surface area is 106 Å². The van der Waals surface area contributed by atoms with Crippen LogP contribution < -0.4 is 25.7 Å². The summed E-state index contributed by atoms with van der Waals surface area (Å²) in [7, 11) is -0.487. The lowest BCUT2D eigenvalue weighted by atomic mass is 10.2. The third kappa shape index (κ3) is 3.97. The van der Waals surface area contributed by atoms with Crippen molar-refractivity contribution in [3.05, 3.63) is 12.1 Å². The number of nitrogens with two attached hydrogens (primary N) is 2. The minimum absolute atomic E-state index is 0.165. The summed E-state index contributed by atoms with van der Waals surface area (Å²) in [5, 5.41) is 7.77. The van der Waals surface area contributed by atoms with Crippen LogP contribution in [0.4, 0.5) is 11.4 Å². The van der Waals surface area contributed by atoms with Crippen LogP contribution in [0.25, 0.3) is 0 Å². The Morgan fingerprint density at radius 2 is 1.78 bits per heavy atom. The van der Waals surface area contributed by atoms with Gasteiger partial charge in [-0.2, -0.15) is 0 Å². The van der Waals surface area contributed by atoms with E-state index in [2.05, 4.69) is 5.32 Å². The molecule has 0 aromatic heterocycles. The van der Waals surface area contributed by atoms with Gasteiger partial charge in [-0.15, -0.1) is 0 Å². The smallest absolute Gasteiger partial charge is 0.210 e. The van der Waals surface area contributed by atoms with E-state index in [9.17, 15) is 8.42 Å². The van der Waals surface area contributed by atoms with Gasteiger partial charge in [0.2, 0.25) is 10.0 Å². The van der Waals surface area contributed by atoms with Crippen molar-refractivity contribution in [2.45, 2.75) is 0 Å². The van der Waals surface area contributed by atoms with Crippen LogP contribution in [0.5, 0.6) is 11.5 Å². The van der Waals surface area contributed by atoms with Gasteiger partial charge in [0.25, 0.3) is 0 Å². The Morgan fingerprint density at radius 1 is 1.22 bits per heavy atom. The molecule has 5 N–H and O–H groups in total. The largest absolute Gasteiger partial charge is 0.493 e. The Morgan fingerprint density at radius 3 is 2.28 bits per heavy atom. The lowest BCUT2D eigenvalue weighted by molar-refractivity contribution is 0.355. The number of primary sulfonamides is 1. The van der Waals surface area contributed by atoms with Gasteiger partial charge >= 0.3 is 0 Å². The fourth-order valence-corrected chi connectivity index (χ4v) is 1.76. The molecule has 0 aliphatic carbocycles. The van der Waals surface area contributed by atoms with E-state index in [4.69, 9.17) is 20.3 Å². The molecule has 0 spiro atoms. The maximum Gasteiger partial charge on any atom is 0.210 e. The van der Waals surface area contributed by atoms with E-state index >= 15 is 0 Å². The van der Waals surface area contributed by atoms with Crippen LogP contribution >= 0.6 is 0 Å². The van der Waals surface area contributed by atoms with Crippen LogP contribution in [0.15, 0.2) is 12.1 Å². The van der Waals surface area contributed by atoms with Gasteiger partial charge in [-0.25, -0.2) is 13.6 Å². The fraction of sp³-hybridized carbons (Fsp3) is 0.400. The van der Waals surface area contributed by atoms with Gasteiger partial charge in [0.15, 0.2) is 11.5 Å². The van der Waals surface area contributed by atoms with Crippen LogP contribution in [-0.4, -0.2) is 34.9 Å². The fourth-order valence-electron chi connectivity index (χ4n) is 1.38. The minimum Gasteiger partial charge on any atom is -0.493 e. The number of ether oxygens (including phenoxy) is 2. The number of anilines is 2. The molecule has 0 radical (unpaired) electrons. The van der Waals surface area contributed by atoms with Crippen LogP contribution in [0.2, 0.25) is 0 Å². The summed E-state index contributed by atoms with van der Waals surface area (Å²) in [5.74, 6) is 0.831. The highest BCUT2D eigenvalue weighted by molar-refractivity contribution is 7.89. The first-order valence-electron chi connectivity index (χ1n) is 5.13. The molecular weight excluding hydrogens is 258 g/mol. The van der Waals surface area contributed by atoms with Crippen molar-refractivity contribution in [3.63, 3.8) is 0 Å². The van der Waals surface area contributed by atoms with Crippen LogP contribution in [-0.2, 0) is 10.0 Å². The van der Waals surface area contributed by atoms with E-state index in [0.717, 1.165) is 0 Å². The summed E-state index contributed by atoms with van der Waals surface area (Å²) in [4.78, 5) is 0. The zero-order chi connectivity index (χ0) is 13.8. The summed E-state index contributed by atoms with van der Waals surface area (Å²) in [6, 6.07) is 3.23. The SMILES string of the molecule is COc1cc(N)c(NCCS(N)(=O)=O)cc1OC. The van der Waals surface area contributed by atoms with Crippen molar-refractivity contribution in [2.75, 3.05) is 37.6 Å². The Kier molecular flexibility index (Phi) is 4.62. The van der Waals surface area contributed by atoms with Crippen LogP contribution in [0.1, 0.15) is 0 Å². The molecule has 1 rings (SSSR count). The first-order valence-corrected chi connectivity index (χ1v) is 6.84. The summed E-state index contributed by atoms with van der Waals surface area (Å²) in [6.07, 6.45) is 0. The summed E-state index contributed by atoms with van der Waals surface area (Å²) in [5.41, 5.74) is 6.79. The van der Waals surface area contributed by atoms with Crippen molar-refractivity contribution >= 4 is 21.4 Å². The third-order valence-electron chi connectivity index (χ3n) is 2.26. The topological polar surface area (TPSA) is 117 Å². The Hall–Kier alpha value is -1.67. The molecule has 0 atom stereocenters. The predicted octanol–water partition coefficient (Wildman–Crippen LogP) is -0.0136. The van der Waals surface area contributed by atoms with E-state index in [-0.39, 0.29) is 12.3 Å². The Balaban J connectivity index is 2.83. The molecule has 0 bridgehead atoms. The molecule has 0 aliphatic rings. The van der Waals surface area contributed by atoms with Crippen molar-refractivity contribution in [2.24, 2.45) is 5.14 Å². The number of benzene rings is 1. The average molecular weight is 275 g/mol. The quantitative estimate of drug-likeness (QED) is 0.628. The molecule has 7 nitrogen and oxygen atoms in total. The maximum atomic E-state index is 10.8. The second kappa shape index (κ2) is 5.78. The molecule has 18 heavy (non-hydrogen) atoms. The summed E-state index contributed by atoms with van der Waals surface area (Å²) >= 11 is 0. The molecule has 1 aromatic rings. The number of hydrogen-bond acceptors (Lipinski definition) is 6. The number of rotatable bonds is 6. The van der Waals surface area contributed by atoms with E-state index in [1.165, 1.54) is 14.2 Å². The number of methoxy groups -OCH3 is 2. The number of nitrogens with one attached hydrogen (secondary N) is 1. The van der Waals surface area contributed by atoms with Crippen molar-refractivity contribution in [1.29, 1.82) is 0 Å². The van der Waals surface area contributed by atoms with Crippen molar-refractivity contribution < 1.29 is 17.9 Å². The molecule has 0 heterocycles. The monoisotopic (exact) mass is 275 g/mol. The Bertz CT molecular complexity index is 516. The van der Waals surface area contributed by atoms with E-state index in [1.807, 2.05) is 0 Å². The van der Waals surface area contributed by atoms with Gasteiger partial charge in [0.1, 0.15) is 0 Å². The summed E-state index contributed by atoms with van der Waals surface area (Å²) < 4.78 is 31.8. The number of nitrogen functional groups attached to an aromatic ring is 1. The standard InChI is InChI=1S/C10H17N3O4S/c1-16-9-5-7(11)8(6-10(9)17-2)13-3-4-18(12,14)15/h5-6,13H,3-4,11H2,1-2H3,(H2,12,14,15). The second-order valence-corrected chi connectivity index (χ2v) is 5.32. The zero-order valence-electron chi connectivity index (χ0n) is 10.3. The molecule has 0 fully saturated rings. The molecule has 0 saturated heterocycles. The van der Waals surface area contributed by atoms with Gasteiger partial charge in [-0.3, -0.25) is 0 Å². The van der Waals surface area contributed by atoms with Gasteiger partial charge < -0.3 is 20.5 Å². The molecule has 0 unspecified atom stereocenters. The second-order valence-electron chi connectivity index (χ2n) is 3.59. The summed E-state index contributed by atoms with van der Waals surface area (Å²) in [6.45, 7) is 0.165. The zero-order valence-corrected chi connectivity index (χ0v) is 11.1. The van der Waals surface area contributed by atoms with Crippen molar-refractivity contribution in [3.8, 4) is 11.5 Å². The van der Waals surface area contributed by atoms with Gasteiger partial charge in [0.05, 0.1) is 31.3 Å². The predicted molar refractivity (Wildman–Crippen MR) is 70.4 cm³/mol. The molecule has 0 amide bonds. The average Bonchev–Trinajstić information content (AvgIpc) is 2.29. The van der Waals surface area contributed by atoms with Crippen LogP contribution in [0.3, 0.4) is 0 Å². The highest BCUT2D eigenvalue weighted by atomic mass is 32.2. The van der Waals surface area contributed by atoms with E-state index in [1.54, 1.807) is 12.1 Å². The first kappa shape index (κ1) is 14.4. The highest BCUT2D eigenvalue weighted by Gasteiger charge is 2.09. The maximum absolute atomic E-state index is 10.8. The van der Waals surface area contributed by atoms with Gasteiger partial charge in [0, 0.05) is 18.7 Å². The molecule has 0 saturated carbocycles. The molecule has 102 valence electrons. The number of sulfonamides is 1. The van der Waals surface area contributed by atoms with Gasteiger partial charge in [-0.1, -0.05) is 0 Å². The lowest BCUT2D eigenvalue weighted by Crippen LogP contribution is -2.22. The third-order valence-corrected chi connectivity index (χ3v) is 3.03. The first-order chi connectivity index (χ1) is 8.37. The normalized spacial score (nSPS) is 11.1. The molecular formula is C10H17N3O4S. The van der Waals surface area contributed by atoms with E-state index in [0.29, 0.717) is 22.9 Å². The highest BCUT2D eigenvalue weighted by Crippen LogP contribution is 2.34. The minimum atomic E-state index is -3.49.